The molecule has 0 spiro atoms. The summed E-state index contributed by atoms with van der Waals surface area (Å²) < 4.78 is 10.8. The van der Waals surface area contributed by atoms with E-state index in [-0.39, 0.29) is 0 Å². The second kappa shape index (κ2) is 10.5. The minimum atomic E-state index is -0.479. The largest absolute Gasteiger partial charge is 0.462 e. The number of aryl methyl sites for hydroxylation is 1. The molecule has 0 bridgehead atoms. The summed E-state index contributed by atoms with van der Waals surface area (Å²) >= 11 is 0. The number of para-hydroxylation sites is 1. The maximum atomic E-state index is 12.5. The van der Waals surface area contributed by atoms with Crippen LogP contribution in [-0.4, -0.2) is 18.5 Å². The first-order valence-electron chi connectivity index (χ1n) is 9.58. The average molecular weight is 368 g/mol. The van der Waals surface area contributed by atoms with Gasteiger partial charge in [0.05, 0.1) is 17.7 Å². The van der Waals surface area contributed by atoms with Crippen LogP contribution in [0, 0.1) is 5.92 Å². The third kappa shape index (κ3) is 6.55. The van der Waals surface area contributed by atoms with Crippen molar-refractivity contribution in [3.05, 3.63) is 65.2 Å². The smallest absolute Gasteiger partial charge is 0.343 e. The van der Waals surface area contributed by atoms with Crippen LogP contribution in [0.2, 0.25) is 0 Å². The van der Waals surface area contributed by atoms with Gasteiger partial charge in [0.2, 0.25) is 0 Å². The normalized spacial score (nSPS) is 10.7. The lowest BCUT2D eigenvalue weighted by Gasteiger charge is -2.10. The molecule has 2 rings (SSSR count). The van der Waals surface area contributed by atoms with E-state index >= 15 is 0 Å². The van der Waals surface area contributed by atoms with E-state index in [2.05, 4.69) is 20.8 Å². The molecular weight excluding hydrogens is 340 g/mol. The number of benzene rings is 2. The van der Waals surface area contributed by atoms with Crippen molar-refractivity contribution in [2.24, 2.45) is 5.92 Å². The molecule has 0 unspecified atom stereocenters. The Balaban J connectivity index is 2.02. The van der Waals surface area contributed by atoms with Gasteiger partial charge >= 0.3 is 11.9 Å². The lowest BCUT2D eigenvalue weighted by atomic mass is 10.1. The van der Waals surface area contributed by atoms with Crippen LogP contribution in [-0.2, 0) is 11.2 Å². The molecule has 4 heteroatoms. The number of hydrogen-bond donors (Lipinski definition) is 0. The van der Waals surface area contributed by atoms with Gasteiger partial charge in [0.15, 0.2) is 0 Å². The number of carbonyl (C=O) groups is 2. The van der Waals surface area contributed by atoms with E-state index in [0.717, 1.165) is 31.2 Å². The fourth-order valence-electron chi connectivity index (χ4n) is 2.75. The van der Waals surface area contributed by atoms with Gasteiger partial charge in [0, 0.05) is 0 Å². The maximum absolute atomic E-state index is 12.5. The molecule has 0 aromatic heterocycles. The fourth-order valence-corrected chi connectivity index (χ4v) is 2.75. The highest BCUT2D eigenvalue weighted by Crippen LogP contribution is 2.21. The van der Waals surface area contributed by atoms with Gasteiger partial charge in [-0.2, -0.15) is 0 Å². The molecule has 0 amide bonds. The zero-order chi connectivity index (χ0) is 19.6. The van der Waals surface area contributed by atoms with Crippen LogP contribution in [0.1, 0.15) is 66.3 Å². The lowest BCUT2D eigenvalue weighted by molar-refractivity contribution is 0.0494. The topological polar surface area (TPSA) is 52.6 Å². The zero-order valence-electron chi connectivity index (χ0n) is 16.4. The minimum Gasteiger partial charge on any atom is -0.462 e. The summed E-state index contributed by atoms with van der Waals surface area (Å²) in [5.74, 6) is 0.246. The molecule has 0 atom stereocenters. The van der Waals surface area contributed by atoms with Crippen molar-refractivity contribution < 1.29 is 19.1 Å². The molecule has 27 heavy (non-hydrogen) atoms. The lowest BCUT2D eigenvalue weighted by Crippen LogP contribution is -2.12. The highest BCUT2D eigenvalue weighted by atomic mass is 16.5. The van der Waals surface area contributed by atoms with Crippen molar-refractivity contribution in [3.8, 4) is 5.75 Å². The highest BCUT2D eigenvalue weighted by molar-refractivity contribution is 5.96. The van der Waals surface area contributed by atoms with Gasteiger partial charge in [-0.05, 0) is 55.0 Å². The summed E-state index contributed by atoms with van der Waals surface area (Å²) in [6.07, 6.45) is 3.65. The molecule has 0 radical (unpaired) electrons. The van der Waals surface area contributed by atoms with E-state index in [1.807, 2.05) is 18.2 Å². The first kappa shape index (κ1) is 20.7. The molecule has 144 valence electrons. The van der Waals surface area contributed by atoms with Gasteiger partial charge in [-0.3, -0.25) is 0 Å². The Kier molecular flexibility index (Phi) is 8.05. The van der Waals surface area contributed by atoms with E-state index in [9.17, 15) is 9.59 Å². The van der Waals surface area contributed by atoms with Crippen LogP contribution in [0.25, 0.3) is 0 Å². The number of rotatable bonds is 9. The average Bonchev–Trinajstić information content (AvgIpc) is 2.66. The van der Waals surface area contributed by atoms with Gasteiger partial charge < -0.3 is 9.47 Å². The predicted molar refractivity (Wildman–Crippen MR) is 106 cm³/mol. The Morgan fingerprint density at radius 1 is 0.963 bits per heavy atom. The van der Waals surface area contributed by atoms with Crippen LogP contribution < -0.4 is 4.74 Å². The van der Waals surface area contributed by atoms with Crippen molar-refractivity contribution in [2.45, 2.75) is 46.5 Å². The Morgan fingerprint density at radius 2 is 1.67 bits per heavy atom. The summed E-state index contributed by atoms with van der Waals surface area (Å²) in [4.78, 5) is 24.7. The number of hydrogen-bond acceptors (Lipinski definition) is 4. The van der Waals surface area contributed by atoms with Crippen molar-refractivity contribution >= 4 is 11.9 Å². The summed E-state index contributed by atoms with van der Waals surface area (Å²) in [6.45, 7) is 6.73. The maximum Gasteiger partial charge on any atom is 0.343 e. The minimum absolute atomic E-state index is 0.331. The van der Waals surface area contributed by atoms with Crippen LogP contribution in [0.15, 0.2) is 48.5 Å². The summed E-state index contributed by atoms with van der Waals surface area (Å²) in [6, 6.07) is 14.0. The molecule has 2 aromatic rings. The second-order valence-corrected chi connectivity index (χ2v) is 7.00. The molecule has 2 aromatic carbocycles. The standard InChI is InChI=1S/C23H28O4/c1-4-9-18-11-5-6-14-21(18)27-23(25)20-13-7-12-19(16-20)22(24)26-15-8-10-17(2)3/h5-7,11-14,16-17H,4,8-10,15H2,1-3H3. The summed E-state index contributed by atoms with van der Waals surface area (Å²) in [5.41, 5.74) is 1.68. The highest BCUT2D eigenvalue weighted by Gasteiger charge is 2.14. The SMILES string of the molecule is CCCc1ccccc1OC(=O)c1cccc(C(=O)OCCCC(C)C)c1. The van der Waals surface area contributed by atoms with Crippen molar-refractivity contribution in [1.29, 1.82) is 0 Å². The summed E-state index contributed by atoms with van der Waals surface area (Å²) in [5, 5.41) is 0. The number of carbonyl (C=O) groups excluding carboxylic acids is 2. The molecule has 0 aliphatic rings. The van der Waals surface area contributed by atoms with E-state index in [4.69, 9.17) is 9.47 Å². The van der Waals surface area contributed by atoms with Crippen LogP contribution >= 0.6 is 0 Å². The predicted octanol–water partition coefficient (Wildman–Crippen LogP) is 5.45. The van der Waals surface area contributed by atoms with E-state index in [0.29, 0.717) is 29.4 Å². The fraction of sp³-hybridized carbons (Fsp3) is 0.391. The molecular formula is C23H28O4. The van der Waals surface area contributed by atoms with Crippen LogP contribution in [0.3, 0.4) is 0 Å². The van der Waals surface area contributed by atoms with Gasteiger partial charge in [-0.15, -0.1) is 0 Å². The van der Waals surface area contributed by atoms with Crippen molar-refractivity contribution in [1.82, 2.24) is 0 Å². The second-order valence-electron chi connectivity index (χ2n) is 7.00. The Hall–Kier alpha value is -2.62. The Labute approximate surface area is 161 Å². The molecule has 0 heterocycles. The molecule has 0 N–H and O–H groups in total. The Bertz CT molecular complexity index is 764. The van der Waals surface area contributed by atoms with Gasteiger partial charge in [0.25, 0.3) is 0 Å². The van der Waals surface area contributed by atoms with E-state index in [1.165, 1.54) is 6.07 Å². The summed E-state index contributed by atoms with van der Waals surface area (Å²) in [7, 11) is 0. The molecule has 0 fully saturated rings. The third-order valence-electron chi connectivity index (χ3n) is 4.19. The Morgan fingerprint density at radius 3 is 2.37 bits per heavy atom. The molecule has 0 saturated heterocycles. The first-order chi connectivity index (χ1) is 13.0. The quantitative estimate of drug-likeness (QED) is 0.335. The zero-order valence-corrected chi connectivity index (χ0v) is 16.4. The van der Waals surface area contributed by atoms with Crippen molar-refractivity contribution in [2.75, 3.05) is 6.61 Å². The first-order valence-corrected chi connectivity index (χ1v) is 9.58. The monoisotopic (exact) mass is 368 g/mol. The number of ether oxygens (including phenoxy) is 2. The van der Waals surface area contributed by atoms with E-state index < -0.39 is 11.9 Å². The van der Waals surface area contributed by atoms with Gasteiger partial charge in [-0.25, -0.2) is 9.59 Å². The van der Waals surface area contributed by atoms with Gasteiger partial charge in [-0.1, -0.05) is 51.5 Å². The van der Waals surface area contributed by atoms with Crippen LogP contribution in [0.4, 0.5) is 0 Å². The molecule has 0 saturated carbocycles. The third-order valence-corrected chi connectivity index (χ3v) is 4.19. The van der Waals surface area contributed by atoms with Crippen LogP contribution in [0.5, 0.6) is 5.75 Å². The molecule has 4 nitrogen and oxygen atoms in total. The van der Waals surface area contributed by atoms with E-state index in [1.54, 1.807) is 24.3 Å². The number of esters is 2. The van der Waals surface area contributed by atoms with Gasteiger partial charge in [0.1, 0.15) is 5.75 Å². The van der Waals surface area contributed by atoms with Crippen molar-refractivity contribution in [3.63, 3.8) is 0 Å². The molecule has 0 aliphatic carbocycles. The molecule has 0 aliphatic heterocycles.